The zero-order valence-electron chi connectivity index (χ0n) is 13.5. The van der Waals surface area contributed by atoms with Gasteiger partial charge in [-0.15, -0.1) is 11.3 Å². The van der Waals surface area contributed by atoms with E-state index < -0.39 is 5.60 Å². The van der Waals surface area contributed by atoms with Crippen LogP contribution in [0.25, 0.3) is 0 Å². The Morgan fingerprint density at radius 2 is 2.21 bits per heavy atom. The van der Waals surface area contributed by atoms with E-state index in [1.807, 2.05) is 23.6 Å². The van der Waals surface area contributed by atoms with Gasteiger partial charge in [-0.2, -0.15) is 0 Å². The number of benzene rings is 1. The largest absolute Gasteiger partial charge is 0.383 e. The van der Waals surface area contributed by atoms with Gasteiger partial charge in [0.25, 0.3) is 5.91 Å². The van der Waals surface area contributed by atoms with Crippen LogP contribution in [0.3, 0.4) is 0 Å². The molecule has 2 heterocycles. The molecular weight excluding hydrogens is 324 g/mol. The summed E-state index contributed by atoms with van der Waals surface area (Å²) < 4.78 is 0. The Balaban J connectivity index is 1.68. The van der Waals surface area contributed by atoms with Gasteiger partial charge in [0.15, 0.2) is 0 Å². The molecule has 6 heteroatoms. The molecule has 126 valence electrons. The van der Waals surface area contributed by atoms with E-state index in [0.29, 0.717) is 18.5 Å². The average molecular weight is 344 g/mol. The molecule has 1 fully saturated rings. The molecule has 24 heavy (non-hydrogen) atoms. The average Bonchev–Trinajstić information content (AvgIpc) is 3.24. The highest BCUT2D eigenvalue weighted by Crippen LogP contribution is 2.25. The highest BCUT2D eigenvalue weighted by Gasteiger charge is 2.26. The Bertz CT molecular complexity index is 740. The summed E-state index contributed by atoms with van der Waals surface area (Å²) in [5, 5.41) is 15.1. The fraction of sp³-hybridized carbons (Fsp3) is 0.333. The van der Waals surface area contributed by atoms with E-state index >= 15 is 0 Å². The van der Waals surface area contributed by atoms with Crippen molar-refractivity contribution < 1.29 is 14.7 Å². The molecule has 0 saturated carbocycles. The zero-order chi connectivity index (χ0) is 17.2. The summed E-state index contributed by atoms with van der Waals surface area (Å²) in [6, 6.07) is 10.7. The molecule has 1 unspecified atom stereocenters. The van der Waals surface area contributed by atoms with Crippen LogP contribution in [0, 0.1) is 0 Å². The zero-order valence-corrected chi connectivity index (χ0v) is 14.3. The number of aliphatic hydroxyl groups is 1. The molecule has 0 radical (unpaired) electrons. The fourth-order valence-corrected chi connectivity index (χ4v) is 3.55. The molecule has 3 rings (SSSR count). The number of amides is 2. The number of hydrogen-bond acceptors (Lipinski definition) is 4. The molecule has 1 aromatic heterocycles. The second-order valence-electron chi connectivity index (χ2n) is 6.13. The quantitative estimate of drug-likeness (QED) is 0.876. The van der Waals surface area contributed by atoms with E-state index in [4.69, 9.17) is 0 Å². The Kier molecular flexibility index (Phi) is 4.69. The van der Waals surface area contributed by atoms with Crippen molar-refractivity contribution in [3.05, 3.63) is 52.2 Å². The second kappa shape index (κ2) is 6.75. The van der Waals surface area contributed by atoms with Crippen LogP contribution in [0.15, 0.2) is 41.8 Å². The highest BCUT2D eigenvalue weighted by molar-refractivity contribution is 7.10. The first kappa shape index (κ1) is 16.7. The Hall–Kier alpha value is -2.18. The van der Waals surface area contributed by atoms with E-state index in [9.17, 15) is 14.7 Å². The van der Waals surface area contributed by atoms with Gasteiger partial charge in [0.2, 0.25) is 5.91 Å². The summed E-state index contributed by atoms with van der Waals surface area (Å²) in [5.74, 6) is -0.173. The fourth-order valence-electron chi connectivity index (χ4n) is 2.76. The third-order valence-electron chi connectivity index (χ3n) is 4.14. The maximum absolute atomic E-state index is 12.4. The molecule has 2 N–H and O–H groups in total. The van der Waals surface area contributed by atoms with Crippen molar-refractivity contribution in [2.75, 3.05) is 18.0 Å². The van der Waals surface area contributed by atoms with Crippen LogP contribution in [0.2, 0.25) is 0 Å². The van der Waals surface area contributed by atoms with Crippen molar-refractivity contribution in [1.29, 1.82) is 0 Å². The smallest absolute Gasteiger partial charge is 0.251 e. The monoisotopic (exact) mass is 344 g/mol. The van der Waals surface area contributed by atoms with Crippen molar-refractivity contribution in [3.63, 3.8) is 0 Å². The van der Waals surface area contributed by atoms with Gasteiger partial charge in [-0.3, -0.25) is 9.59 Å². The summed E-state index contributed by atoms with van der Waals surface area (Å²) in [6.45, 7) is 2.49. The Morgan fingerprint density at radius 3 is 2.88 bits per heavy atom. The van der Waals surface area contributed by atoms with E-state index in [0.717, 1.165) is 17.0 Å². The lowest BCUT2D eigenvalue weighted by Gasteiger charge is -2.22. The van der Waals surface area contributed by atoms with E-state index in [2.05, 4.69) is 5.32 Å². The predicted molar refractivity (Wildman–Crippen MR) is 94.3 cm³/mol. The van der Waals surface area contributed by atoms with Gasteiger partial charge < -0.3 is 15.3 Å². The number of rotatable bonds is 5. The van der Waals surface area contributed by atoms with Crippen LogP contribution in [-0.4, -0.2) is 30.0 Å². The van der Waals surface area contributed by atoms with Gasteiger partial charge in [0.1, 0.15) is 5.60 Å². The topological polar surface area (TPSA) is 69.6 Å². The Labute approximate surface area is 144 Å². The van der Waals surface area contributed by atoms with Crippen molar-refractivity contribution in [1.82, 2.24) is 5.32 Å². The lowest BCUT2D eigenvalue weighted by Crippen LogP contribution is -2.38. The molecule has 0 spiro atoms. The number of nitrogens with one attached hydrogen (secondary N) is 1. The van der Waals surface area contributed by atoms with E-state index in [1.54, 1.807) is 30.0 Å². The molecule has 0 bridgehead atoms. The van der Waals surface area contributed by atoms with Crippen LogP contribution in [-0.2, 0) is 10.4 Å². The molecule has 1 aliphatic heterocycles. The molecule has 1 saturated heterocycles. The normalized spacial score (nSPS) is 16.9. The van der Waals surface area contributed by atoms with E-state index in [1.165, 1.54) is 11.3 Å². The minimum Gasteiger partial charge on any atom is -0.383 e. The first-order chi connectivity index (χ1) is 11.5. The van der Waals surface area contributed by atoms with Crippen LogP contribution in [0.1, 0.15) is 35.0 Å². The third-order valence-corrected chi connectivity index (χ3v) is 5.26. The van der Waals surface area contributed by atoms with Crippen molar-refractivity contribution in [3.8, 4) is 0 Å². The van der Waals surface area contributed by atoms with Gasteiger partial charge in [0.05, 0.1) is 6.54 Å². The predicted octanol–water partition coefficient (Wildman–Crippen LogP) is 2.51. The number of nitrogens with zero attached hydrogens (tertiary/aromatic N) is 1. The molecule has 1 aromatic carbocycles. The number of thiophene rings is 1. The molecule has 1 atom stereocenters. The number of carbonyl (C=O) groups is 2. The number of anilines is 1. The van der Waals surface area contributed by atoms with Crippen molar-refractivity contribution in [2.24, 2.45) is 0 Å². The van der Waals surface area contributed by atoms with E-state index in [-0.39, 0.29) is 18.4 Å². The summed E-state index contributed by atoms with van der Waals surface area (Å²) in [5.41, 5.74) is 0.121. The molecule has 0 aliphatic carbocycles. The lowest BCUT2D eigenvalue weighted by atomic mass is 10.0. The van der Waals surface area contributed by atoms with Crippen molar-refractivity contribution in [2.45, 2.75) is 25.4 Å². The SMILES string of the molecule is CC(O)(CNC(=O)c1cccc(N2CCCC2=O)c1)c1cccs1. The standard InChI is InChI=1S/C18H20N2O3S/c1-18(23,15-7-4-10-24-15)12-19-17(22)13-5-2-6-14(11-13)20-9-3-8-16(20)21/h2,4-7,10-11,23H,3,8-9,12H2,1H3,(H,19,22). The van der Waals surface area contributed by atoms with Gasteiger partial charge in [-0.05, 0) is 43.0 Å². The Morgan fingerprint density at radius 1 is 1.38 bits per heavy atom. The number of hydrogen-bond donors (Lipinski definition) is 2. The highest BCUT2D eigenvalue weighted by atomic mass is 32.1. The molecule has 5 nitrogen and oxygen atoms in total. The van der Waals surface area contributed by atoms with Gasteiger partial charge in [-0.25, -0.2) is 0 Å². The van der Waals surface area contributed by atoms with Crippen molar-refractivity contribution >= 4 is 28.8 Å². The van der Waals surface area contributed by atoms with Gasteiger partial charge >= 0.3 is 0 Å². The van der Waals surface area contributed by atoms with Crippen LogP contribution < -0.4 is 10.2 Å². The molecule has 2 amide bonds. The maximum Gasteiger partial charge on any atom is 0.251 e. The van der Waals surface area contributed by atoms with Gasteiger partial charge in [0, 0.05) is 29.1 Å². The summed E-state index contributed by atoms with van der Waals surface area (Å²) in [7, 11) is 0. The first-order valence-corrected chi connectivity index (χ1v) is 8.80. The molecule has 1 aliphatic rings. The van der Waals surface area contributed by atoms with Crippen LogP contribution in [0.4, 0.5) is 5.69 Å². The minimum atomic E-state index is -1.10. The summed E-state index contributed by atoms with van der Waals surface area (Å²) >= 11 is 1.45. The third kappa shape index (κ3) is 3.49. The second-order valence-corrected chi connectivity index (χ2v) is 7.08. The molecule has 2 aromatic rings. The van der Waals surface area contributed by atoms with Crippen LogP contribution >= 0.6 is 11.3 Å². The minimum absolute atomic E-state index is 0.0909. The summed E-state index contributed by atoms with van der Waals surface area (Å²) in [4.78, 5) is 26.7. The number of carbonyl (C=O) groups excluding carboxylic acids is 2. The van der Waals surface area contributed by atoms with Crippen LogP contribution in [0.5, 0.6) is 0 Å². The maximum atomic E-state index is 12.4. The molecular formula is C18H20N2O3S. The first-order valence-electron chi connectivity index (χ1n) is 7.92. The summed E-state index contributed by atoms with van der Waals surface area (Å²) in [6.07, 6.45) is 1.40. The lowest BCUT2D eigenvalue weighted by molar-refractivity contribution is -0.117. The van der Waals surface area contributed by atoms with Gasteiger partial charge in [-0.1, -0.05) is 12.1 Å².